The minimum absolute atomic E-state index is 0.0212. The zero-order valence-corrected chi connectivity index (χ0v) is 20.2. The van der Waals surface area contributed by atoms with Gasteiger partial charge >= 0.3 is 5.69 Å². The number of nitrogens with zero attached hydrogens (tertiary/aromatic N) is 4. The minimum Gasteiger partial charge on any atom is -0.454 e. The molecule has 1 aromatic heterocycles. The molecule has 12 heteroatoms. The molecule has 2 heterocycles. The quantitative estimate of drug-likeness (QED) is 0.532. The fourth-order valence-electron chi connectivity index (χ4n) is 3.47. The topological polar surface area (TPSA) is 130 Å². The largest absolute Gasteiger partial charge is 0.454 e. The van der Waals surface area contributed by atoms with Crippen LogP contribution in [0.3, 0.4) is 0 Å². The number of amides is 1. The lowest BCUT2D eigenvalue weighted by Crippen LogP contribution is -2.39. The number of rotatable bonds is 6. The van der Waals surface area contributed by atoms with Crippen LogP contribution < -0.4 is 16.0 Å². The molecule has 10 nitrogen and oxygen atoms in total. The first-order valence-electron chi connectivity index (χ1n) is 10.5. The van der Waals surface area contributed by atoms with Crippen molar-refractivity contribution in [3.63, 3.8) is 0 Å². The van der Waals surface area contributed by atoms with E-state index < -0.39 is 16.9 Å². The summed E-state index contributed by atoms with van der Waals surface area (Å²) in [4.78, 5) is 40.2. The highest BCUT2D eigenvalue weighted by Gasteiger charge is 2.25. The highest BCUT2D eigenvalue weighted by Crippen LogP contribution is 2.38. The van der Waals surface area contributed by atoms with Crippen molar-refractivity contribution in [2.75, 3.05) is 13.3 Å². The van der Waals surface area contributed by atoms with Crippen LogP contribution in [0.2, 0.25) is 10.0 Å². The number of fused-ring (bicyclic) bond motifs is 1. The van der Waals surface area contributed by atoms with E-state index in [1.807, 2.05) is 18.8 Å². The SMILES string of the molecule is CC(C)OCN1CCc2cc(Oc3c(Cl)cc(-n4nc(C#N)c(=O)[nH]c4=O)cc3Cl)ccc2C1=O. The van der Waals surface area contributed by atoms with E-state index >= 15 is 0 Å². The average Bonchev–Trinajstić information content (AvgIpc) is 2.81. The van der Waals surface area contributed by atoms with E-state index in [0.29, 0.717) is 24.3 Å². The number of carbonyl (C=O) groups is 1. The summed E-state index contributed by atoms with van der Waals surface area (Å²) in [5, 5.41) is 12.9. The zero-order chi connectivity index (χ0) is 25.3. The lowest BCUT2D eigenvalue weighted by Gasteiger charge is -2.29. The summed E-state index contributed by atoms with van der Waals surface area (Å²) in [6.45, 7) is 4.57. The van der Waals surface area contributed by atoms with Crippen molar-refractivity contribution < 1.29 is 14.3 Å². The Kier molecular flexibility index (Phi) is 6.93. The van der Waals surface area contributed by atoms with Crippen LogP contribution in [-0.4, -0.2) is 45.0 Å². The third-order valence-corrected chi connectivity index (χ3v) is 5.75. The maximum atomic E-state index is 12.8. The second-order valence-electron chi connectivity index (χ2n) is 7.95. The van der Waals surface area contributed by atoms with Crippen molar-refractivity contribution in [1.82, 2.24) is 19.7 Å². The van der Waals surface area contributed by atoms with E-state index in [1.54, 1.807) is 29.2 Å². The monoisotopic (exact) mass is 515 g/mol. The van der Waals surface area contributed by atoms with E-state index in [-0.39, 0.29) is 40.2 Å². The first-order valence-corrected chi connectivity index (χ1v) is 11.3. The average molecular weight is 516 g/mol. The number of hydrogen-bond donors (Lipinski definition) is 1. The molecule has 1 amide bonds. The van der Waals surface area contributed by atoms with Gasteiger partial charge in [0.25, 0.3) is 11.5 Å². The smallest absolute Gasteiger partial charge is 0.349 e. The number of benzene rings is 2. The molecule has 2 aromatic carbocycles. The number of nitrogens with one attached hydrogen (secondary N) is 1. The molecule has 1 aliphatic rings. The standard InChI is InChI=1S/C23H19Cl2N5O5/c1-12(2)34-11-29-6-5-13-7-15(3-4-16(13)22(29)32)35-20-17(24)8-14(9-18(20)25)30-23(33)27-21(31)19(10-26)28-30/h3-4,7-9,12H,5-6,11H2,1-2H3,(H,27,31,33). The van der Waals surface area contributed by atoms with Crippen molar-refractivity contribution in [3.8, 4) is 23.3 Å². The molecule has 0 spiro atoms. The molecular weight excluding hydrogens is 497 g/mol. The highest BCUT2D eigenvalue weighted by atomic mass is 35.5. The van der Waals surface area contributed by atoms with Gasteiger partial charge in [0.05, 0.1) is 21.8 Å². The van der Waals surface area contributed by atoms with Gasteiger partial charge in [0.2, 0.25) is 5.69 Å². The third-order valence-electron chi connectivity index (χ3n) is 5.19. The number of nitriles is 1. The normalized spacial score (nSPS) is 13.0. The van der Waals surface area contributed by atoms with Crippen LogP contribution in [-0.2, 0) is 11.2 Å². The second kappa shape index (κ2) is 9.92. The molecule has 0 unspecified atom stereocenters. The van der Waals surface area contributed by atoms with E-state index in [2.05, 4.69) is 5.10 Å². The maximum absolute atomic E-state index is 12.8. The molecule has 0 fully saturated rings. The van der Waals surface area contributed by atoms with Gasteiger partial charge in [-0.25, -0.2) is 4.79 Å². The van der Waals surface area contributed by atoms with Crippen molar-refractivity contribution in [3.05, 3.63) is 78.0 Å². The second-order valence-corrected chi connectivity index (χ2v) is 8.77. The van der Waals surface area contributed by atoms with Gasteiger partial charge in [0.15, 0.2) is 5.75 Å². The molecule has 180 valence electrons. The molecular formula is C23H19Cl2N5O5. The molecule has 0 bridgehead atoms. The number of carbonyl (C=O) groups excluding carboxylic acids is 1. The van der Waals surface area contributed by atoms with Gasteiger partial charge in [-0.2, -0.15) is 9.94 Å². The summed E-state index contributed by atoms with van der Waals surface area (Å²) in [6, 6.07) is 9.41. The summed E-state index contributed by atoms with van der Waals surface area (Å²) in [5.41, 5.74) is -0.722. The van der Waals surface area contributed by atoms with Crippen molar-refractivity contribution in [1.29, 1.82) is 5.26 Å². The van der Waals surface area contributed by atoms with Gasteiger partial charge in [-0.1, -0.05) is 23.2 Å². The Morgan fingerprint density at radius 3 is 2.54 bits per heavy atom. The van der Waals surface area contributed by atoms with Gasteiger partial charge < -0.3 is 14.4 Å². The van der Waals surface area contributed by atoms with Crippen LogP contribution in [0.1, 0.15) is 35.5 Å². The number of H-pyrrole nitrogens is 1. The van der Waals surface area contributed by atoms with Crippen LogP contribution in [0.4, 0.5) is 0 Å². The number of halogens is 2. The van der Waals surface area contributed by atoms with E-state index in [1.165, 1.54) is 12.1 Å². The van der Waals surface area contributed by atoms with Gasteiger partial charge in [0, 0.05) is 12.1 Å². The van der Waals surface area contributed by atoms with Crippen molar-refractivity contribution in [2.45, 2.75) is 26.4 Å². The number of aromatic nitrogens is 3. The van der Waals surface area contributed by atoms with Crippen LogP contribution in [0, 0.1) is 11.3 Å². The van der Waals surface area contributed by atoms with Gasteiger partial charge in [-0.3, -0.25) is 14.6 Å². The lowest BCUT2D eigenvalue weighted by molar-refractivity contribution is -0.00279. The number of hydrogen-bond acceptors (Lipinski definition) is 7. The predicted octanol–water partition coefficient (Wildman–Crippen LogP) is 3.27. The molecule has 4 rings (SSSR count). The summed E-state index contributed by atoms with van der Waals surface area (Å²) < 4.78 is 12.3. The van der Waals surface area contributed by atoms with Crippen LogP contribution in [0.5, 0.6) is 11.5 Å². The maximum Gasteiger partial charge on any atom is 0.349 e. The molecule has 35 heavy (non-hydrogen) atoms. The van der Waals surface area contributed by atoms with E-state index in [0.717, 1.165) is 10.2 Å². The summed E-state index contributed by atoms with van der Waals surface area (Å²) in [7, 11) is 0. The number of ether oxygens (including phenoxy) is 2. The lowest BCUT2D eigenvalue weighted by atomic mass is 9.99. The Labute approximate surface area is 209 Å². The molecule has 3 aromatic rings. The summed E-state index contributed by atoms with van der Waals surface area (Å²) >= 11 is 12.7. The Bertz CT molecular complexity index is 1450. The fraction of sp³-hybridized carbons (Fsp3) is 0.261. The Morgan fingerprint density at radius 1 is 1.17 bits per heavy atom. The predicted molar refractivity (Wildman–Crippen MR) is 128 cm³/mol. The third kappa shape index (κ3) is 5.07. The summed E-state index contributed by atoms with van der Waals surface area (Å²) in [5.74, 6) is 0.435. The van der Waals surface area contributed by atoms with Crippen molar-refractivity contribution in [2.24, 2.45) is 0 Å². The Balaban J connectivity index is 1.60. The first kappa shape index (κ1) is 24.5. The zero-order valence-electron chi connectivity index (χ0n) is 18.7. The molecule has 0 radical (unpaired) electrons. The highest BCUT2D eigenvalue weighted by molar-refractivity contribution is 6.37. The first-order chi connectivity index (χ1) is 16.7. The molecule has 0 aliphatic carbocycles. The van der Waals surface area contributed by atoms with E-state index in [9.17, 15) is 14.4 Å². The van der Waals surface area contributed by atoms with Crippen LogP contribution >= 0.6 is 23.2 Å². The van der Waals surface area contributed by atoms with Crippen LogP contribution in [0.15, 0.2) is 39.9 Å². The Hall–Kier alpha value is -3.65. The van der Waals surface area contributed by atoms with Crippen molar-refractivity contribution >= 4 is 29.1 Å². The van der Waals surface area contributed by atoms with Gasteiger partial charge in [-0.05, 0) is 56.2 Å². The molecule has 1 N–H and O–H groups in total. The van der Waals surface area contributed by atoms with E-state index in [4.69, 9.17) is 37.9 Å². The molecule has 0 saturated carbocycles. The van der Waals surface area contributed by atoms with Gasteiger partial charge in [-0.15, -0.1) is 5.10 Å². The molecule has 0 saturated heterocycles. The van der Waals surface area contributed by atoms with Gasteiger partial charge in [0.1, 0.15) is 18.5 Å². The fourth-order valence-corrected chi connectivity index (χ4v) is 4.02. The molecule has 0 atom stereocenters. The number of aromatic amines is 1. The molecule has 1 aliphatic heterocycles. The van der Waals surface area contributed by atoms with Crippen LogP contribution in [0.25, 0.3) is 5.69 Å². The summed E-state index contributed by atoms with van der Waals surface area (Å²) in [6.07, 6.45) is 0.648. The minimum atomic E-state index is -0.896. The Morgan fingerprint density at radius 2 is 1.89 bits per heavy atom.